The largest absolute Gasteiger partial charge is 0.319 e. The molecular formula is C16H22N2S. The number of hydrogen-bond acceptors (Lipinski definition) is 3. The van der Waals surface area contributed by atoms with Gasteiger partial charge in [-0.1, -0.05) is 18.2 Å². The van der Waals surface area contributed by atoms with Gasteiger partial charge in [0.25, 0.3) is 0 Å². The van der Waals surface area contributed by atoms with E-state index in [4.69, 9.17) is 0 Å². The molecule has 102 valence electrons. The lowest BCUT2D eigenvalue weighted by molar-refractivity contribution is 0.255. The van der Waals surface area contributed by atoms with Crippen molar-refractivity contribution < 1.29 is 0 Å². The Balaban J connectivity index is 1.75. The molecular weight excluding hydrogens is 252 g/mol. The van der Waals surface area contributed by atoms with Gasteiger partial charge in [0.2, 0.25) is 0 Å². The van der Waals surface area contributed by atoms with E-state index in [0.29, 0.717) is 6.04 Å². The number of fused-ring (bicyclic) bond motifs is 1. The van der Waals surface area contributed by atoms with Crippen LogP contribution in [-0.2, 0) is 0 Å². The van der Waals surface area contributed by atoms with Gasteiger partial charge in [-0.25, -0.2) is 0 Å². The van der Waals surface area contributed by atoms with Crippen molar-refractivity contribution in [2.75, 3.05) is 26.7 Å². The molecule has 1 N–H and O–H groups in total. The van der Waals surface area contributed by atoms with Crippen LogP contribution in [0.4, 0.5) is 0 Å². The van der Waals surface area contributed by atoms with Gasteiger partial charge in [-0.05, 0) is 56.9 Å². The van der Waals surface area contributed by atoms with Crippen LogP contribution in [0.15, 0.2) is 30.3 Å². The maximum absolute atomic E-state index is 3.31. The summed E-state index contributed by atoms with van der Waals surface area (Å²) < 4.78 is 1.41. The quantitative estimate of drug-likeness (QED) is 0.918. The van der Waals surface area contributed by atoms with Crippen molar-refractivity contribution in [3.05, 3.63) is 35.2 Å². The Bertz CT molecular complexity index is 515. The number of nitrogens with one attached hydrogen (secondary N) is 1. The predicted molar refractivity (Wildman–Crippen MR) is 83.8 cm³/mol. The van der Waals surface area contributed by atoms with E-state index in [9.17, 15) is 0 Å². The summed E-state index contributed by atoms with van der Waals surface area (Å²) in [6.45, 7) is 5.97. The van der Waals surface area contributed by atoms with Crippen molar-refractivity contribution in [1.82, 2.24) is 10.2 Å². The molecule has 3 heteroatoms. The molecule has 19 heavy (non-hydrogen) atoms. The molecule has 1 aromatic heterocycles. The fourth-order valence-electron chi connectivity index (χ4n) is 3.06. The maximum Gasteiger partial charge on any atom is 0.0413 e. The fourth-order valence-corrected chi connectivity index (χ4v) is 4.21. The zero-order chi connectivity index (χ0) is 13.2. The van der Waals surface area contributed by atoms with Gasteiger partial charge in [-0.2, -0.15) is 0 Å². The monoisotopic (exact) mass is 274 g/mol. The molecule has 2 nitrogen and oxygen atoms in total. The van der Waals surface area contributed by atoms with E-state index in [2.05, 4.69) is 54.5 Å². The van der Waals surface area contributed by atoms with Gasteiger partial charge in [0.15, 0.2) is 0 Å². The third-order valence-corrected chi connectivity index (χ3v) is 5.50. The highest BCUT2D eigenvalue weighted by atomic mass is 32.1. The van der Waals surface area contributed by atoms with Crippen molar-refractivity contribution in [3.63, 3.8) is 0 Å². The summed E-state index contributed by atoms with van der Waals surface area (Å²) in [5.74, 6) is 0.821. The lowest BCUT2D eigenvalue weighted by Crippen LogP contribution is -2.26. The second-order valence-corrected chi connectivity index (χ2v) is 6.69. The topological polar surface area (TPSA) is 15.3 Å². The molecule has 2 heterocycles. The van der Waals surface area contributed by atoms with Crippen molar-refractivity contribution in [2.45, 2.75) is 19.4 Å². The number of rotatable bonds is 4. The molecule has 2 aromatic rings. The van der Waals surface area contributed by atoms with Gasteiger partial charge in [0.05, 0.1) is 0 Å². The molecule has 0 aliphatic carbocycles. The first-order chi connectivity index (χ1) is 9.28. The molecule has 1 fully saturated rings. The highest BCUT2D eigenvalue weighted by Crippen LogP contribution is 2.34. The maximum atomic E-state index is 3.31. The Morgan fingerprint density at radius 1 is 1.42 bits per heavy atom. The molecule has 0 spiro atoms. The Labute approximate surface area is 119 Å². The Morgan fingerprint density at radius 2 is 2.26 bits per heavy atom. The Hall–Kier alpha value is -0.900. The standard InChI is InChI=1S/C16H22N2S/c1-12(18-8-7-13(11-18)10-17-2)16-9-14-5-3-4-6-15(14)19-16/h3-6,9,12-13,17H,7-8,10-11H2,1-2H3. The number of hydrogen-bond donors (Lipinski definition) is 1. The van der Waals surface area contributed by atoms with Gasteiger partial charge in [-0.3, -0.25) is 4.90 Å². The minimum atomic E-state index is 0.555. The first kappa shape index (κ1) is 13.1. The molecule has 2 unspecified atom stereocenters. The number of thiophene rings is 1. The third kappa shape index (κ3) is 2.69. The summed E-state index contributed by atoms with van der Waals surface area (Å²) in [6.07, 6.45) is 1.33. The third-order valence-electron chi connectivity index (χ3n) is 4.21. The van der Waals surface area contributed by atoms with Crippen LogP contribution in [0.3, 0.4) is 0 Å². The molecule has 0 bridgehead atoms. The highest BCUT2D eigenvalue weighted by molar-refractivity contribution is 7.19. The second-order valence-electron chi connectivity index (χ2n) is 5.57. The fraction of sp³-hybridized carbons (Fsp3) is 0.500. The van der Waals surface area contributed by atoms with Crippen LogP contribution in [0.5, 0.6) is 0 Å². The zero-order valence-electron chi connectivity index (χ0n) is 11.7. The zero-order valence-corrected chi connectivity index (χ0v) is 12.5. The lowest BCUT2D eigenvalue weighted by Gasteiger charge is -2.23. The minimum absolute atomic E-state index is 0.555. The van der Waals surface area contributed by atoms with E-state index in [0.717, 1.165) is 12.5 Å². The van der Waals surface area contributed by atoms with Crippen LogP contribution in [0.2, 0.25) is 0 Å². The van der Waals surface area contributed by atoms with E-state index in [1.54, 1.807) is 0 Å². The lowest BCUT2D eigenvalue weighted by atomic mass is 10.1. The summed E-state index contributed by atoms with van der Waals surface area (Å²) >= 11 is 1.95. The van der Waals surface area contributed by atoms with Gasteiger partial charge < -0.3 is 5.32 Å². The summed E-state index contributed by atoms with van der Waals surface area (Å²) in [6, 6.07) is 11.6. The van der Waals surface area contributed by atoms with Gasteiger partial charge in [-0.15, -0.1) is 11.3 Å². The Kier molecular flexibility index (Phi) is 3.87. The van der Waals surface area contributed by atoms with Crippen LogP contribution >= 0.6 is 11.3 Å². The molecule has 0 saturated carbocycles. The van der Waals surface area contributed by atoms with Crippen molar-refractivity contribution in [2.24, 2.45) is 5.92 Å². The smallest absolute Gasteiger partial charge is 0.0413 e. The van der Waals surface area contributed by atoms with E-state index >= 15 is 0 Å². The molecule has 3 rings (SSSR count). The molecule has 0 radical (unpaired) electrons. The molecule has 1 aromatic carbocycles. The molecule has 1 aliphatic rings. The van der Waals surface area contributed by atoms with Crippen LogP contribution in [0.25, 0.3) is 10.1 Å². The average Bonchev–Trinajstić information content (AvgIpc) is 3.04. The van der Waals surface area contributed by atoms with Crippen LogP contribution in [0, 0.1) is 5.92 Å². The van der Waals surface area contributed by atoms with Crippen LogP contribution in [-0.4, -0.2) is 31.6 Å². The van der Waals surface area contributed by atoms with Crippen molar-refractivity contribution >= 4 is 21.4 Å². The van der Waals surface area contributed by atoms with E-state index in [1.165, 1.54) is 34.5 Å². The van der Waals surface area contributed by atoms with Gasteiger partial charge in [0, 0.05) is 22.2 Å². The van der Waals surface area contributed by atoms with E-state index in [-0.39, 0.29) is 0 Å². The van der Waals surface area contributed by atoms with E-state index < -0.39 is 0 Å². The first-order valence-corrected chi connectivity index (χ1v) is 7.96. The first-order valence-electron chi connectivity index (χ1n) is 7.15. The highest BCUT2D eigenvalue weighted by Gasteiger charge is 2.26. The Morgan fingerprint density at radius 3 is 3.05 bits per heavy atom. The SMILES string of the molecule is CNCC1CCN(C(C)c2cc3ccccc3s2)C1. The van der Waals surface area contributed by atoms with E-state index in [1.807, 2.05) is 11.3 Å². The second kappa shape index (κ2) is 5.61. The molecule has 2 atom stereocenters. The molecule has 0 amide bonds. The number of nitrogens with zero attached hydrogens (tertiary/aromatic N) is 1. The molecule has 1 aliphatic heterocycles. The van der Waals surface area contributed by atoms with Crippen LogP contribution < -0.4 is 5.32 Å². The van der Waals surface area contributed by atoms with Crippen LogP contribution in [0.1, 0.15) is 24.3 Å². The summed E-state index contributed by atoms with van der Waals surface area (Å²) in [5.41, 5.74) is 0. The number of likely N-dealkylation sites (tertiary alicyclic amines) is 1. The number of benzene rings is 1. The van der Waals surface area contributed by atoms with Gasteiger partial charge >= 0.3 is 0 Å². The molecule has 1 saturated heterocycles. The van der Waals surface area contributed by atoms with Crippen molar-refractivity contribution in [3.8, 4) is 0 Å². The van der Waals surface area contributed by atoms with Crippen molar-refractivity contribution in [1.29, 1.82) is 0 Å². The summed E-state index contributed by atoms with van der Waals surface area (Å²) in [7, 11) is 2.05. The normalized spacial score (nSPS) is 22.1. The summed E-state index contributed by atoms with van der Waals surface area (Å²) in [5, 5.41) is 4.70. The summed E-state index contributed by atoms with van der Waals surface area (Å²) in [4.78, 5) is 4.14. The average molecular weight is 274 g/mol. The predicted octanol–water partition coefficient (Wildman–Crippen LogP) is 3.50. The minimum Gasteiger partial charge on any atom is -0.319 e. The van der Waals surface area contributed by atoms with Gasteiger partial charge in [0.1, 0.15) is 0 Å².